The number of hydrogen-bond donors (Lipinski definition) is 3. The summed E-state index contributed by atoms with van der Waals surface area (Å²) in [7, 11) is 0. The highest BCUT2D eigenvalue weighted by Crippen LogP contribution is 2.78. The van der Waals surface area contributed by atoms with Gasteiger partial charge in [0.2, 0.25) is 0 Å². The molecule has 57 heavy (non-hydrogen) atoms. The number of rotatable bonds is 9. The van der Waals surface area contributed by atoms with Gasteiger partial charge in [-0.2, -0.15) is 0 Å². The molecule has 6 aliphatic rings. The molecule has 6 nitrogen and oxygen atoms in total. The van der Waals surface area contributed by atoms with Crippen LogP contribution in [0.4, 0.5) is 4.79 Å². The summed E-state index contributed by atoms with van der Waals surface area (Å²) in [5.41, 5.74) is 2.83. The van der Waals surface area contributed by atoms with Gasteiger partial charge in [-0.15, -0.1) is 0 Å². The van der Waals surface area contributed by atoms with Crippen LogP contribution in [0.15, 0.2) is 139 Å². The lowest BCUT2D eigenvalue weighted by Crippen LogP contribution is -2.67. The third-order valence-electron chi connectivity index (χ3n) is 15.8. The third-order valence-corrected chi connectivity index (χ3v) is 15.8. The van der Waals surface area contributed by atoms with Crippen LogP contribution in [-0.2, 0) is 6.54 Å². The molecule has 4 aromatic rings. The maximum absolute atomic E-state index is 15.2. The fourth-order valence-corrected chi connectivity index (χ4v) is 12.6. The van der Waals surface area contributed by atoms with Crippen LogP contribution >= 0.6 is 0 Å². The van der Waals surface area contributed by atoms with Crippen LogP contribution in [0.2, 0.25) is 0 Å². The van der Waals surface area contributed by atoms with Gasteiger partial charge < -0.3 is 20.4 Å². The van der Waals surface area contributed by atoms with E-state index in [-0.39, 0.29) is 41.7 Å². The lowest BCUT2D eigenvalue weighted by molar-refractivity contribution is -0.174. The summed E-state index contributed by atoms with van der Waals surface area (Å²) < 4.78 is 0. The Balaban J connectivity index is 1.08. The maximum Gasteiger partial charge on any atom is 0.318 e. The van der Waals surface area contributed by atoms with Gasteiger partial charge >= 0.3 is 6.03 Å². The first-order valence-corrected chi connectivity index (χ1v) is 21.1. The van der Waals surface area contributed by atoms with E-state index in [1.165, 1.54) is 0 Å². The van der Waals surface area contributed by atoms with Crippen molar-refractivity contribution in [2.24, 2.45) is 33.5 Å². The number of carbonyl (C=O) groups excluding carboxylic acids is 2. The summed E-state index contributed by atoms with van der Waals surface area (Å²) in [6, 6.07) is 37.9. The Morgan fingerprint density at radius 1 is 0.754 bits per heavy atom. The molecule has 0 aliphatic heterocycles. The van der Waals surface area contributed by atoms with Crippen LogP contribution < -0.4 is 5.32 Å². The predicted molar refractivity (Wildman–Crippen MR) is 225 cm³/mol. The van der Waals surface area contributed by atoms with Crippen molar-refractivity contribution in [1.82, 2.24) is 10.2 Å². The number of nitrogens with zero attached hydrogens (tertiary/aromatic N) is 1. The molecule has 0 heterocycles. The average Bonchev–Trinajstić information content (AvgIpc) is 3.51. The lowest BCUT2D eigenvalue weighted by atomic mass is 9.32. The number of aliphatic hydroxyl groups excluding tert-OH is 1. The number of benzene rings is 4. The highest BCUT2D eigenvalue weighted by Gasteiger charge is 2.74. The molecule has 3 saturated carbocycles. The van der Waals surface area contributed by atoms with Crippen LogP contribution in [0.5, 0.6) is 0 Å². The van der Waals surface area contributed by atoms with E-state index in [9.17, 15) is 15.0 Å². The first kappa shape index (κ1) is 37.8. The molecule has 0 saturated heterocycles. The van der Waals surface area contributed by atoms with Crippen LogP contribution in [0.1, 0.15) is 93.2 Å². The van der Waals surface area contributed by atoms with Crippen LogP contribution in [-0.4, -0.2) is 45.2 Å². The fraction of sp³-hybridized carbons (Fsp3) is 0.412. The van der Waals surface area contributed by atoms with Gasteiger partial charge in [-0.25, -0.2) is 4.79 Å². The first-order chi connectivity index (χ1) is 27.4. The Labute approximate surface area is 337 Å². The zero-order valence-electron chi connectivity index (χ0n) is 33.5. The minimum Gasteiger partial charge on any atom is -0.393 e. The molecule has 6 aliphatic carbocycles. The van der Waals surface area contributed by atoms with Gasteiger partial charge in [0.1, 0.15) is 0 Å². The molecule has 10 rings (SSSR count). The van der Waals surface area contributed by atoms with E-state index >= 15 is 4.79 Å². The molecule has 2 amide bonds. The summed E-state index contributed by atoms with van der Waals surface area (Å²) in [4.78, 5) is 31.4. The zero-order chi connectivity index (χ0) is 39.6. The van der Waals surface area contributed by atoms with Crippen molar-refractivity contribution in [3.63, 3.8) is 0 Å². The van der Waals surface area contributed by atoms with E-state index in [4.69, 9.17) is 0 Å². The second-order valence-electron chi connectivity index (χ2n) is 18.5. The van der Waals surface area contributed by atoms with Gasteiger partial charge in [-0.05, 0) is 91.4 Å². The van der Waals surface area contributed by atoms with Crippen molar-refractivity contribution in [2.45, 2.75) is 90.0 Å². The van der Waals surface area contributed by atoms with Gasteiger partial charge in [-0.3, -0.25) is 4.79 Å². The maximum atomic E-state index is 15.2. The van der Waals surface area contributed by atoms with Crippen LogP contribution in [0.25, 0.3) is 11.1 Å². The molecule has 294 valence electrons. The molecule has 2 spiro atoms. The summed E-state index contributed by atoms with van der Waals surface area (Å²) in [6.07, 6.45) is 11.8. The minimum absolute atomic E-state index is 0.0179. The first-order valence-electron chi connectivity index (χ1n) is 21.1. The molecule has 3 fully saturated rings. The quantitative estimate of drug-likeness (QED) is 0.117. The van der Waals surface area contributed by atoms with Crippen LogP contribution in [0, 0.1) is 33.5 Å². The zero-order valence-corrected chi connectivity index (χ0v) is 33.5. The normalized spacial score (nSPS) is 34.0. The molecular formula is C51H56N2O4. The molecule has 0 radical (unpaired) electrons. The smallest absolute Gasteiger partial charge is 0.318 e. The molecule has 9 atom stereocenters. The number of aliphatic hydroxyl groups is 2. The Bertz CT molecular complexity index is 2200. The second kappa shape index (κ2) is 14.0. The predicted octanol–water partition coefficient (Wildman–Crippen LogP) is 10.1. The second-order valence-corrected chi connectivity index (χ2v) is 18.5. The third kappa shape index (κ3) is 5.88. The fourth-order valence-electron chi connectivity index (χ4n) is 12.6. The molecule has 2 bridgehead atoms. The largest absolute Gasteiger partial charge is 0.393 e. The van der Waals surface area contributed by atoms with Crippen molar-refractivity contribution in [1.29, 1.82) is 0 Å². The van der Waals surface area contributed by atoms with E-state index in [0.29, 0.717) is 24.9 Å². The van der Waals surface area contributed by atoms with Crippen molar-refractivity contribution in [3.05, 3.63) is 156 Å². The minimum atomic E-state index is -1.19. The molecule has 4 aromatic carbocycles. The van der Waals surface area contributed by atoms with Gasteiger partial charge in [0, 0.05) is 33.9 Å². The number of nitrogens with one attached hydrogen (secondary N) is 1. The highest BCUT2D eigenvalue weighted by atomic mass is 16.3. The number of fused-ring (bicyclic) bond motifs is 1. The standard InChI is InChI=1S/C51H56N2O4/c1-35(37-15-9-5-10-16-37)52-46(56)53(33-36-13-7-4-8-14-36)34-50(57)28-25-44-48(50,3)27-24-43-47(2)26-23-41(54)31-49(47)29-30-51(43,44)42(32-49)45(55)40-21-19-39(20-22-40)38-17-11-6-12-18-38/h4-22,29-30,32,35,41,43-44,54,57H,23-28,31,33-34H2,1-3H3,(H,52,56)/t35-,41?,43-,44-,47-,48+,49+,50-,51-/m1/s1. The van der Waals surface area contributed by atoms with Crippen molar-refractivity contribution in [3.8, 4) is 11.1 Å². The van der Waals surface area contributed by atoms with Gasteiger partial charge in [0.25, 0.3) is 0 Å². The van der Waals surface area contributed by atoms with Crippen molar-refractivity contribution >= 4 is 11.8 Å². The van der Waals surface area contributed by atoms with E-state index in [2.05, 4.69) is 49.5 Å². The summed E-state index contributed by atoms with van der Waals surface area (Å²) >= 11 is 0. The number of amides is 2. The number of Topliss-reactive ketones (excluding diaryl/α,β-unsaturated/α-hetero) is 1. The molecule has 6 heteroatoms. The SMILES string of the molecule is C[C@@H](NC(=O)N(Cc1ccccc1)C[C@]1(O)CC[C@H]2[C@]34C=C[C@@]5(C=C3C(=O)c3ccc(-c6ccccc6)cc3)CC(O)CC[C@]5(C)[C@H]4CC[C@@]21C)c1ccccc1. The summed E-state index contributed by atoms with van der Waals surface area (Å²) in [5.74, 6) is 0.215. The van der Waals surface area contributed by atoms with E-state index in [0.717, 1.165) is 59.9 Å². The Morgan fingerprint density at radius 2 is 1.35 bits per heavy atom. The summed E-state index contributed by atoms with van der Waals surface area (Å²) in [6.45, 7) is 7.22. The van der Waals surface area contributed by atoms with Gasteiger partial charge in [-0.1, -0.05) is 147 Å². The Morgan fingerprint density at radius 3 is 2.05 bits per heavy atom. The Hall–Kier alpha value is -4.78. The number of hydrogen-bond acceptors (Lipinski definition) is 4. The van der Waals surface area contributed by atoms with Crippen LogP contribution in [0.3, 0.4) is 0 Å². The average molecular weight is 761 g/mol. The molecule has 1 unspecified atom stereocenters. The topological polar surface area (TPSA) is 89.9 Å². The molecule has 3 N–H and O–H groups in total. The number of urea groups is 1. The van der Waals surface area contributed by atoms with Gasteiger partial charge in [0.05, 0.1) is 24.3 Å². The van der Waals surface area contributed by atoms with E-state index in [1.54, 1.807) is 0 Å². The Kier molecular flexibility index (Phi) is 9.25. The lowest BCUT2D eigenvalue weighted by Gasteiger charge is -2.71. The monoisotopic (exact) mass is 760 g/mol. The van der Waals surface area contributed by atoms with Crippen molar-refractivity contribution in [2.75, 3.05) is 6.54 Å². The summed E-state index contributed by atoms with van der Waals surface area (Å²) in [5, 5.41) is 27.6. The van der Waals surface area contributed by atoms with Gasteiger partial charge in [0.15, 0.2) is 5.78 Å². The van der Waals surface area contributed by atoms with Crippen molar-refractivity contribution < 1.29 is 19.8 Å². The van der Waals surface area contributed by atoms with E-state index < -0.39 is 27.9 Å². The number of ketones is 1. The molecule has 0 aromatic heterocycles. The number of carbonyl (C=O) groups is 2. The molecular weight excluding hydrogens is 705 g/mol. The van der Waals surface area contributed by atoms with E-state index in [1.807, 2.05) is 115 Å². The number of allylic oxidation sites excluding steroid dienone is 4. The highest BCUT2D eigenvalue weighted by molar-refractivity contribution is 6.10.